The highest BCUT2D eigenvalue weighted by molar-refractivity contribution is 6.07. The molecule has 1 heterocycles. The number of amides is 1. The molecule has 1 unspecified atom stereocenters. The summed E-state index contributed by atoms with van der Waals surface area (Å²) in [6, 6.07) is 10.2. The number of hydrogen-bond acceptors (Lipinski definition) is 1. The summed E-state index contributed by atoms with van der Waals surface area (Å²) >= 11 is 0. The summed E-state index contributed by atoms with van der Waals surface area (Å²) in [7, 11) is 0. The zero-order valence-electron chi connectivity index (χ0n) is 12.3. The second-order valence-electron chi connectivity index (χ2n) is 5.84. The number of benzene rings is 2. The molecular weight excluding hydrogens is 265 g/mol. The van der Waals surface area contributed by atoms with E-state index in [1.54, 1.807) is 18.2 Å². The van der Waals surface area contributed by atoms with Crippen molar-refractivity contribution >= 4 is 16.7 Å². The molecule has 1 amide bonds. The van der Waals surface area contributed by atoms with Gasteiger partial charge in [-0.1, -0.05) is 37.6 Å². The lowest BCUT2D eigenvalue weighted by molar-refractivity contribution is 0.0788. The van der Waals surface area contributed by atoms with Crippen LogP contribution in [0.1, 0.15) is 36.5 Å². The molecule has 0 saturated carbocycles. The van der Waals surface area contributed by atoms with Crippen LogP contribution in [0, 0.1) is 11.7 Å². The molecule has 1 saturated heterocycles. The van der Waals surface area contributed by atoms with Crippen LogP contribution in [0.5, 0.6) is 0 Å². The molecule has 0 N–H and O–H groups in total. The van der Waals surface area contributed by atoms with Crippen LogP contribution in [0.4, 0.5) is 4.39 Å². The monoisotopic (exact) mass is 285 g/mol. The van der Waals surface area contributed by atoms with E-state index >= 15 is 0 Å². The van der Waals surface area contributed by atoms with Gasteiger partial charge in [0.1, 0.15) is 5.82 Å². The lowest BCUT2D eigenvalue weighted by Crippen LogP contribution is -2.28. The number of carbonyl (C=O) groups excluding carboxylic acids is 1. The zero-order chi connectivity index (χ0) is 14.8. The second kappa shape index (κ2) is 5.84. The van der Waals surface area contributed by atoms with Gasteiger partial charge in [-0.2, -0.15) is 0 Å². The van der Waals surface area contributed by atoms with E-state index in [0.29, 0.717) is 22.3 Å². The largest absolute Gasteiger partial charge is 0.338 e. The van der Waals surface area contributed by atoms with E-state index in [1.807, 2.05) is 17.0 Å². The van der Waals surface area contributed by atoms with E-state index in [4.69, 9.17) is 0 Å². The highest BCUT2D eigenvalue weighted by Crippen LogP contribution is 2.26. The molecule has 1 atom stereocenters. The summed E-state index contributed by atoms with van der Waals surface area (Å²) in [6.45, 7) is 3.82. The van der Waals surface area contributed by atoms with E-state index in [-0.39, 0.29) is 11.7 Å². The van der Waals surface area contributed by atoms with Crippen LogP contribution in [0.3, 0.4) is 0 Å². The van der Waals surface area contributed by atoms with Crippen molar-refractivity contribution in [3.8, 4) is 0 Å². The number of halogens is 1. The van der Waals surface area contributed by atoms with Gasteiger partial charge in [0.25, 0.3) is 5.91 Å². The Balaban J connectivity index is 1.91. The first kappa shape index (κ1) is 14.1. The van der Waals surface area contributed by atoms with Gasteiger partial charge in [-0.3, -0.25) is 4.79 Å². The van der Waals surface area contributed by atoms with Crippen molar-refractivity contribution in [2.24, 2.45) is 5.92 Å². The quantitative estimate of drug-likeness (QED) is 0.826. The Labute approximate surface area is 124 Å². The van der Waals surface area contributed by atoms with Crippen molar-refractivity contribution in [1.82, 2.24) is 4.90 Å². The molecule has 0 radical (unpaired) electrons. The summed E-state index contributed by atoms with van der Waals surface area (Å²) in [5, 5.41) is 1.23. The summed E-state index contributed by atoms with van der Waals surface area (Å²) < 4.78 is 13.8. The Morgan fingerprint density at radius 1 is 1.24 bits per heavy atom. The molecule has 0 spiro atoms. The maximum absolute atomic E-state index is 13.8. The number of carbonyl (C=O) groups is 1. The van der Waals surface area contributed by atoms with Crippen LogP contribution in [0.25, 0.3) is 10.8 Å². The summed E-state index contributed by atoms with van der Waals surface area (Å²) in [5.74, 6) is 0.378. The van der Waals surface area contributed by atoms with Crippen LogP contribution >= 0.6 is 0 Å². The lowest BCUT2D eigenvalue weighted by atomic mass is 10.0. The van der Waals surface area contributed by atoms with Crippen LogP contribution in [-0.4, -0.2) is 23.9 Å². The third kappa shape index (κ3) is 2.65. The Bertz CT molecular complexity index is 667. The van der Waals surface area contributed by atoms with E-state index < -0.39 is 0 Å². The van der Waals surface area contributed by atoms with E-state index in [9.17, 15) is 9.18 Å². The number of fused-ring (bicyclic) bond motifs is 1. The fraction of sp³-hybridized carbons (Fsp3) is 0.389. The van der Waals surface area contributed by atoms with Crippen molar-refractivity contribution in [2.75, 3.05) is 13.1 Å². The van der Waals surface area contributed by atoms with Gasteiger partial charge in [-0.15, -0.1) is 0 Å². The molecule has 3 heteroatoms. The molecule has 110 valence electrons. The van der Waals surface area contributed by atoms with E-state index in [1.165, 1.54) is 12.5 Å². The van der Waals surface area contributed by atoms with Crippen LogP contribution in [-0.2, 0) is 0 Å². The Hall–Kier alpha value is -1.90. The van der Waals surface area contributed by atoms with Crippen molar-refractivity contribution in [2.45, 2.75) is 26.2 Å². The molecular formula is C18H20FNO. The second-order valence-corrected chi connectivity index (χ2v) is 5.84. The molecule has 1 fully saturated rings. The van der Waals surface area contributed by atoms with Crippen LogP contribution < -0.4 is 0 Å². The average molecular weight is 285 g/mol. The molecule has 0 aliphatic carbocycles. The molecule has 2 nitrogen and oxygen atoms in total. The van der Waals surface area contributed by atoms with Gasteiger partial charge in [0.15, 0.2) is 0 Å². The third-order valence-electron chi connectivity index (χ3n) is 4.37. The first-order valence-corrected chi connectivity index (χ1v) is 7.67. The Morgan fingerprint density at radius 3 is 2.76 bits per heavy atom. The highest BCUT2D eigenvalue weighted by Gasteiger charge is 2.27. The van der Waals surface area contributed by atoms with Gasteiger partial charge in [-0.05, 0) is 36.3 Å². The van der Waals surface area contributed by atoms with Gasteiger partial charge in [0.05, 0.1) is 0 Å². The van der Waals surface area contributed by atoms with Crippen molar-refractivity contribution < 1.29 is 9.18 Å². The first-order valence-electron chi connectivity index (χ1n) is 7.67. The molecule has 0 aromatic heterocycles. The van der Waals surface area contributed by atoms with Crippen LogP contribution in [0.2, 0.25) is 0 Å². The van der Waals surface area contributed by atoms with E-state index in [2.05, 4.69) is 6.92 Å². The first-order chi connectivity index (χ1) is 10.2. The molecule has 21 heavy (non-hydrogen) atoms. The zero-order valence-corrected chi connectivity index (χ0v) is 12.3. The molecule has 1 aliphatic heterocycles. The van der Waals surface area contributed by atoms with Crippen LogP contribution in [0.15, 0.2) is 36.4 Å². The minimum atomic E-state index is -0.271. The summed E-state index contributed by atoms with van der Waals surface area (Å²) in [4.78, 5) is 14.6. The van der Waals surface area contributed by atoms with Crippen molar-refractivity contribution in [3.63, 3.8) is 0 Å². The summed E-state index contributed by atoms with van der Waals surface area (Å²) in [5.41, 5.74) is 0.615. The highest BCUT2D eigenvalue weighted by atomic mass is 19.1. The fourth-order valence-corrected chi connectivity index (χ4v) is 3.28. The van der Waals surface area contributed by atoms with E-state index in [0.717, 1.165) is 25.9 Å². The molecule has 0 bridgehead atoms. The number of likely N-dealkylation sites (tertiary alicyclic amines) is 1. The number of rotatable bonds is 3. The van der Waals surface area contributed by atoms with Gasteiger partial charge in [-0.25, -0.2) is 4.39 Å². The summed E-state index contributed by atoms with van der Waals surface area (Å²) in [6.07, 6.45) is 3.42. The average Bonchev–Trinajstić information content (AvgIpc) is 2.96. The minimum Gasteiger partial charge on any atom is -0.338 e. The van der Waals surface area contributed by atoms with Crippen molar-refractivity contribution in [1.29, 1.82) is 0 Å². The molecule has 1 aliphatic rings. The SMILES string of the molecule is CCCC1CCN(C(=O)c2ccc(F)c3ccccc23)C1. The lowest BCUT2D eigenvalue weighted by Gasteiger charge is -2.18. The number of nitrogens with zero attached hydrogens (tertiary/aromatic N) is 1. The smallest absolute Gasteiger partial charge is 0.254 e. The maximum Gasteiger partial charge on any atom is 0.254 e. The topological polar surface area (TPSA) is 20.3 Å². The van der Waals surface area contributed by atoms with Gasteiger partial charge in [0.2, 0.25) is 0 Å². The Kier molecular flexibility index (Phi) is 3.91. The predicted molar refractivity (Wildman–Crippen MR) is 82.8 cm³/mol. The minimum absolute atomic E-state index is 0.0322. The maximum atomic E-state index is 13.8. The molecule has 3 rings (SSSR count). The Morgan fingerprint density at radius 2 is 2.00 bits per heavy atom. The molecule has 2 aromatic carbocycles. The van der Waals surface area contributed by atoms with Crippen molar-refractivity contribution in [3.05, 3.63) is 47.8 Å². The standard InChI is InChI=1S/C18H20FNO/c1-2-5-13-10-11-20(12-13)18(21)16-8-9-17(19)15-7-4-3-6-14(15)16/h3-4,6-9,13H,2,5,10-12H2,1H3. The van der Waals surface area contributed by atoms with Gasteiger partial charge >= 0.3 is 0 Å². The number of hydrogen-bond donors (Lipinski definition) is 0. The third-order valence-corrected chi connectivity index (χ3v) is 4.37. The fourth-order valence-electron chi connectivity index (χ4n) is 3.28. The normalized spacial score (nSPS) is 18.4. The molecule has 2 aromatic rings. The van der Waals surface area contributed by atoms with Gasteiger partial charge < -0.3 is 4.90 Å². The van der Waals surface area contributed by atoms with Gasteiger partial charge in [0, 0.05) is 24.0 Å². The predicted octanol–water partition coefficient (Wildman–Crippen LogP) is 4.24.